The number of rotatable bonds is 0. The highest BCUT2D eigenvalue weighted by molar-refractivity contribution is 4.96. The van der Waals surface area contributed by atoms with Gasteiger partial charge in [0.1, 0.15) is 0 Å². The normalized spacial score (nSPS) is 53.4. The van der Waals surface area contributed by atoms with Crippen LogP contribution in [0.1, 0.15) is 19.8 Å². The average molecular weight is 141 g/mol. The highest BCUT2D eigenvalue weighted by Crippen LogP contribution is 2.40. The maximum Gasteiger partial charge on any atom is 0.0626 e. The Morgan fingerprint density at radius 1 is 1.30 bits per heavy atom. The Kier molecular flexibility index (Phi) is 1.29. The lowest BCUT2D eigenvalue weighted by molar-refractivity contribution is 0.0594. The van der Waals surface area contributed by atoms with Gasteiger partial charge >= 0.3 is 0 Å². The Morgan fingerprint density at radius 3 is 2.30 bits per heavy atom. The van der Waals surface area contributed by atoms with E-state index < -0.39 is 0 Å². The van der Waals surface area contributed by atoms with Crippen molar-refractivity contribution >= 4 is 0 Å². The molecule has 1 saturated heterocycles. The van der Waals surface area contributed by atoms with Gasteiger partial charge in [-0.3, -0.25) is 0 Å². The minimum absolute atomic E-state index is 0.350. The third-order valence-electron chi connectivity index (χ3n) is 2.88. The summed E-state index contributed by atoms with van der Waals surface area (Å²) in [6.07, 6.45) is 2.01. The quantitative estimate of drug-likeness (QED) is 0.510. The van der Waals surface area contributed by atoms with Gasteiger partial charge in [-0.05, 0) is 44.7 Å². The summed E-state index contributed by atoms with van der Waals surface area (Å²) in [6, 6.07) is 0. The molecule has 1 aliphatic carbocycles. The number of aliphatic hydroxyl groups is 1. The molecular formula is C8H15NO. The molecule has 1 aliphatic heterocycles. The molecule has 2 nitrogen and oxygen atoms in total. The molecule has 2 N–H and O–H groups in total. The zero-order valence-corrected chi connectivity index (χ0v) is 6.43. The predicted octanol–water partition coefficient (Wildman–Crippen LogP) is 0.367. The van der Waals surface area contributed by atoms with Crippen molar-refractivity contribution in [2.75, 3.05) is 13.1 Å². The minimum atomic E-state index is -0.350. The van der Waals surface area contributed by atoms with Crippen LogP contribution in [0.2, 0.25) is 0 Å². The van der Waals surface area contributed by atoms with E-state index in [4.69, 9.17) is 0 Å². The van der Waals surface area contributed by atoms with Crippen LogP contribution in [0.25, 0.3) is 0 Å². The largest absolute Gasteiger partial charge is 0.390 e. The summed E-state index contributed by atoms with van der Waals surface area (Å²) < 4.78 is 0. The predicted molar refractivity (Wildman–Crippen MR) is 39.7 cm³/mol. The molecule has 0 spiro atoms. The van der Waals surface area contributed by atoms with E-state index in [1.165, 1.54) is 0 Å². The van der Waals surface area contributed by atoms with Gasteiger partial charge in [-0.15, -0.1) is 0 Å². The molecule has 0 amide bonds. The molecule has 2 fully saturated rings. The summed E-state index contributed by atoms with van der Waals surface area (Å²) in [4.78, 5) is 0. The molecule has 2 rings (SSSR count). The molecule has 0 aromatic carbocycles. The second kappa shape index (κ2) is 1.95. The third kappa shape index (κ3) is 0.956. The fraction of sp³-hybridized carbons (Fsp3) is 1.00. The van der Waals surface area contributed by atoms with Crippen LogP contribution in [0, 0.1) is 11.8 Å². The second-order valence-electron chi connectivity index (χ2n) is 4.08. The van der Waals surface area contributed by atoms with Crippen LogP contribution in [0.5, 0.6) is 0 Å². The average Bonchev–Trinajstić information content (AvgIpc) is 2.20. The maximum atomic E-state index is 9.67. The van der Waals surface area contributed by atoms with Crippen LogP contribution in [0.3, 0.4) is 0 Å². The van der Waals surface area contributed by atoms with Crippen molar-refractivity contribution in [3.63, 3.8) is 0 Å². The van der Waals surface area contributed by atoms with Crippen LogP contribution < -0.4 is 5.32 Å². The Hall–Kier alpha value is -0.0800. The van der Waals surface area contributed by atoms with Crippen LogP contribution in [-0.2, 0) is 0 Å². The maximum absolute atomic E-state index is 9.67. The topological polar surface area (TPSA) is 32.3 Å². The molecule has 1 saturated carbocycles. The summed E-state index contributed by atoms with van der Waals surface area (Å²) in [6.45, 7) is 4.22. The van der Waals surface area contributed by atoms with E-state index in [1.54, 1.807) is 0 Å². The molecule has 10 heavy (non-hydrogen) atoms. The summed E-state index contributed by atoms with van der Waals surface area (Å²) in [5, 5.41) is 13.0. The van der Waals surface area contributed by atoms with Crippen molar-refractivity contribution in [3.05, 3.63) is 0 Å². The van der Waals surface area contributed by atoms with Gasteiger partial charge in [0.15, 0.2) is 0 Å². The molecule has 0 radical (unpaired) electrons. The van der Waals surface area contributed by atoms with E-state index in [0.29, 0.717) is 0 Å². The van der Waals surface area contributed by atoms with Crippen LogP contribution in [0.15, 0.2) is 0 Å². The van der Waals surface area contributed by atoms with Gasteiger partial charge in [0.2, 0.25) is 0 Å². The first kappa shape index (κ1) is 6.62. The van der Waals surface area contributed by atoms with Gasteiger partial charge in [0, 0.05) is 0 Å². The summed E-state index contributed by atoms with van der Waals surface area (Å²) >= 11 is 0. The summed E-state index contributed by atoms with van der Waals surface area (Å²) in [7, 11) is 0. The fourth-order valence-corrected chi connectivity index (χ4v) is 2.48. The second-order valence-corrected chi connectivity index (χ2v) is 4.08. The molecule has 2 atom stereocenters. The monoisotopic (exact) mass is 141 g/mol. The SMILES string of the molecule is CC1(O)CC2CNCC2C1. The van der Waals surface area contributed by atoms with Crippen molar-refractivity contribution in [3.8, 4) is 0 Å². The van der Waals surface area contributed by atoms with Crippen LogP contribution in [0.4, 0.5) is 0 Å². The standard InChI is InChI=1S/C8H15NO/c1-8(10)2-6-4-9-5-7(6)3-8/h6-7,9-10H,2-5H2,1H3. The van der Waals surface area contributed by atoms with Gasteiger partial charge in [0.25, 0.3) is 0 Å². The van der Waals surface area contributed by atoms with Crippen LogP contribution >= 0.6 is 0 Å². The van der Waals surface area contributed by atoms with E-state index in [0.717, 1.165) is 37.8 Å². The molecule has 0 aromatic heterocycles. The molecular weight excluding hydrogens is 126 g/mol. The Balaban J connectivity index is 2.07. The van der Waals surface area contributed by atoms with Crippen molar-refractivity contribution in [2.24, 2.45) is 11.8 Å². The third-order valence-corrected chi connectivity index (χ3v) is 2.88. The van der Waals surface area contributed by atoms with Crippen molar-refractivity contribution < 1.29 is 5.11 Å². The highest BCUT2D eigenvalue weighted by atomic mass is 16.3. The smallest absolute Gasteiger partial charge is 0.0626 e. The molecule has 2 unspecified atom stereocenters. The first-order chi connectivity index (χ1) is 4.67. The Bertz CT molecular complexity index is 130. The van der Waals surface area contributed by atoms with Crippen molar-refractivity contribution in [1.82, 2.24) is 5.32 Å². The van der Waals surface area contributed by atoms with Gasteiger partial charge < -0.3 is 10.4 Å². The highest BCUT2D eigenvalue weighted by Gasteiger charge is 2.42. The summed E-state index contributed by atoms with van der Waals surface area (Å²) in [5.41, 5.74) is -0.350. The van der Waals surface area contributed by atoms with Crippen LogP contribution in [-0.4, -0.2) is 23.8 Å². The van der Waals surface area contributed by atoms with Gasteiger partial charge in [-0.2, -0.15) is 0 Å². The molecule has 2 aliphatic rings. The minimum Gasteiger partial charge on any atom is -0.390 e. The fourth-order valence-electron chi connectivity index (χ4n) is 2.48. The van der Waals surface area contributed by atoms with E-state index in [1.807, 2.05) is 6.92 Å². The molecule has 2 heteroatoms. The Morgan fingerprint density at radius 2 is 1.80 bits per heavy atom. The van der Waals surface area contributed by atoms with E-state index in [-0.39, 0.29) is 5.60 Å². The molecule has 0 bridgehead atoms. The number of hydrogen-bond acceptors (Lipinski definition) is 2. The number of hydrogen-bond donors (Lipinski definition) is 2. The lowest BCUT2D eigenvalue weighted by Gasteiger charge is -2.16. The zero-order valence-electron chi connectivity index (χ0n) is 6.43. The molecule has 1 heterocycles. The lowest BCUT2D eigenvalue weighted by Crippen LogP contribution is -2.23. The van der Waals surface area contributed by atoms with Crippen molar-refractivity contribution in [1.29, 1.82) is 0 Å². The van der Waals surface area contributed by atoms with E-state index >= 15 is 0 Å². The first-order valence-electron chi connectivity index (χ1n) is 4.10. The van der Waals surface area contributed by atoms with Crippen molar-refractivity contribution in [2.45, 2.75) is 25.4 Å². The van der Waals surface area contributed by atoms with E-state index in [2.05, 4.69) is 5.32 Å². The number of fused-ring (bicyclic) bond motifs is 1. The lowest BCUT2D eigenvalue weighted by atomic mass is 10.0. The van der Waals surface area contributed by atoms with Gasteiger partial charge in [-0.25, -0.2) is 0 Å². The van der Waals surface area contributed by atoms with E-state index in [9.17, 15) is 5.11 Å². The Labute approximate surface area is 61.6 Å². The first-order valence-corrected chi connectivity index (χ1v) is 4.10. The molecule has 0 aromatic rings. The van der Waals surface area contributed by atoms with Gasteiger partial charge in [-0.1, -0.05) is 0 Å². The zero-order chi connectivity index (χ0) is 7.19. The van der Waals surface area contributed by atoms with Gasteiger partial charge in [0.05, 0.1) is 5.60 Å². The number of nitrogens with one attached hydrogen (secondary N) is 1. The molecule has 58 valence electrons. The summed E-state index contributed by atoms with van der Waals surface area (Å²) in [5.74, 6) is 1.52.